The smallest absolute Gasteiger partial charge is 0.339 e. The van der Waals surface area contributed by atoms with Crippen molar-refractivity contribution in [3.05, 3.63) is 52.3 Å². The van der Waals surface area contributed by atoms with E-state index in [-0.39, 0.29) is 11.8 Å². The van der Waals surface area contributed by atoms with Crippen molar-refractivity contribution in [2.24, 2.45) is 0 Å². The standard InChI is InChI=1S/C19H23N3O4/c1-5-6-14-15(19(25)26-4)11(2)21-16(14)18(24)22-13-9-7-12(8-10-13)17(23)20-3/h7-10,21H,5-6H2,1-4H3,(H,20,23)(H,22,24). The maximum atomic E-state index is 12.7. The van der Waals surface area contributed by atoms with Crippen LogP contribution in [0.2, 0.25) is 0 Å². The van der Waals surface area contributed by atoms with Crippen molar-refractivity contribution in [3.63, 3.8) is 0 Å². The Kier molecular flexibility index (Phi) is 6.16. The maximum Gasteiger partial charge on any atom is 0.339 e. The fourth-order valence-corrected chi connectivity index (χ4v) is 2.79. The monoisotopic (exact) mass is 357 g/mol. The molecule has 2 aromatic rings. The zero-order valence-corrected chi connectivity index (χ0v) is 15.4. The Morgan fingerprint density at radius 2 is 1.77 bits per heavy atom. The van der Waals surface area contributed by atoms with Crippen LogP contribution >= 0.6 is 0 Å². The second kappa shape index (κ2) is 8.33. The summed E-state index contributed by atoms with van der Waals surface area (Å²) in [5.41, 5.74) is 3.06. The van der Waals surface area contributed by atoms with Gasteiger partial charge in [-0.25, -0.2) is 4.79 Å². The van der Waals surface area contributed by atoms with Crippen LogP contribution in [0.1, 0.15) is 55.8 Å². The minimum atomic E-state index is -0.462. The van der Waals surface area contributed by atoms with Crippen LogP contribution in [-0.4, -0.2) is 36.9 Å². The number of benzene rings is 1. The molecule has 0 aliphatic heterocycles. The Morgan fingerprint density at radius 1 is 1.12 bits per heavy atom. The Labute approximate surface area is 152 Å². The van der Waals surface area contributed by atoms with Crippen LogP contribution in [0.5, 0.6) is 0 Å². The maximum absolute atomic E-state index is 12.7. The molecule has 0 aliphatic carbocycles. The Hall–Kier alpha value is -3.09. The van der Waals surface area contributed by atoms with Crippen molar-refractivity contribution in [1.82, 2.24) is 10.3 Å². The first-order chi connectivity index (χ1) is 12.4. The van der Waals surface area contributed by atoms with E-state index in [1.165, 1.54) is 7.11 Å². The first-order valence-electron chi connectivity index (χ1n) is 8.36. The summed E-state index contributed by atoms with van der Waals surface area (Å²) in [6.07, 6.45) is 1.36. The molecule has 1 aromatic heterocycles. The van der Waals surface area contributed by atoms with Gasteiger partial charge in [-0.1, -0.05) is 13.3 Å². The van der Waals surface area contributed by atoms with Crippen molar-refractivity contribution in [2.75, 3.05) is 19.5 Å². The van der Waals surface area contributed by atoms with Crippen LogP contribution in [0.3, 0.4) is 0 Å². The van der Waals surface area contributed by atoms with E-state index >= 15 is 0 Å². The van der Waals surface area contributed by atoms with Gasteiger partial charge in [-0.05, 0) is 43.2 Å². The first-order valence-corrected chi connectivity index (χ1v) is 8.36. The lowest BCUT2D eigenvalue weighted by Gasteiger charge is -2.08. The number of ether oxygens (including phenoxy) is 1. The average Bonchev–Trinajstić information content (AvgIpc) is 2.97. The minimum Gasteiger partial charge on any atom is -0.465 e. The summed E-state index contributed by atoms with van der Waals surface area (Å²) in [6, 6.07) is 6.56. The molecule has 2 amide bonds. The van der Waals surface area contributed by atoms with Crippen LogP contribution in [0, 0.1) is 6.92 Å². The van der Waals surface area contributed by atoms with Gasteiger partial charge in [0.2, 0.25) is 0 Å². The fourth-order valence-electron chi connectivity index (χ4n) is 2.79. The number of anilines is 1. The molecule has 7 nitrogen and oxygen atoms in total. The number of rotatable bonds is 6. The van der Waals surface area contributed by atoms with E-state index in [1.807, 2.05) is 6.92 Å². The molecule has 0 radical (unpaired) electrons. The topological polar surface area (TPSA) is 100 Å². The van der Waals surface area contributed by atoms with Crippen LogP contribution in [-0.2, 0) is 11.2 Å². The van der Waals surface area contributed by atoms with Crippen LogP contribution in [0.15, 0.2) is 24.3 Å². The van der Waals surface area contributed by atoms with Gasteiger partial charge < -0.3 is 20.4 Å². The number of amides is 2. The zero-order chi connectivity index (χ0) is 19.3. The number of hydrogen-bond donors (Lipinski definition) is 3. The van der Waals surface area contributed by atoms with Gasteiger partial charge >= 0.3 is 5.97 Å². The quantitative estimate of drug-likeness (QED) is 0.692. The summed E-state index contributed by atoms with van der Waals surface area (Å²) in [4.78, 5) is 39.3. The summed E-state index contributed by atoms with van der Waals surface area (Å²) in [5, 5.41) is 5.32. The predicted molar refractivity (Wildman–Crippen MR) is 98.6 cm³/mol. The van der Waals surface area contributed by atoms with Crippen molar-refractivity contribution < 1.29 is 19.1 Å². The van der Waals surface area contributed by atoms with E-state index in [1.54, 1.807) is 38.2 Å². The van der Waals surface area contributed by atoms with Gasteiger partial charge in [0.05, 0.1) is 12.7 Å². The molecule has 0 fully saturated rings. The molecule has 7 heteroatoms. The molecule has 138 valence electrons. The molecule has 0 aliphatic rings. The van der Waals surface area contributed by atoms with E-state index in [2.05, 4.69) is 15.6 Å². The summed E-state index contributed by atoms with van der Waals surface area (Å²) >= 11 is 0. The highest BCUT2D eigenvalue weighted by Gasteiger charge is 2.24. The number of hydrogen-bond acceptors (Lipinski definition) is 4. The fraction of sp³-hybridized carbons (Fsp3) is 0.316. The molecule has 1 aromatic carbocycles. The largest absolute Gasteiger partial charge is 0.465 e. The second-order valence-corrected chi connectivity index (χ2v) is 5.83. The molecule has 0 saturated heterocycles. The highest BCUT2D eigenvalue weighted by Crippen LogP contribution is 2.23. The highest BCUT2D eigenvalue weighted by atomic mass is 16.5. The number of esters is 1. The number of aromatic nitrogens is 1. The van der Waals surface area contributed by atoms with Crippen LogP contribution < -0.4 is 10.6 Å². The molecular weight excluding hydrogens is 334 g/mol. The number of aromatic amines is 1. The Bertz CT molecular complexity index is 822. The highest BCUT2D eigenvalue weighted by molar-refractivity contribution is 6.07. The number of methoxy groups -OCH3 is 1. The molecule has 0 bridgehead atoms. The van der Waals surface area contributed by atoms with Gasteiger partial charge in [0.1, 0.15) is 5.69 Å². The van der Waals surface area contributed by atoms with Crippen molar-refractivity contribution in [1.29, 1.82) is 0 Å². The number of carbonyl (C=O) groups excluding carboxylic acids is 3. The molecule has 0 saturated carbocycles. The first kappa shape index (κ1) is 19.2. The van der Waals surface area contributed by atoms with Gasteiger partial charge in [0.15, 0.2) is 0 Å². The summed E-state index contributed by atoms with van der Waals surface area (Å²) < 4.78 is 4.83. The van der Waals surface area contributed by atoms with Crippen molar-refractivity contribution >= 4 is 23.5 Å². The number of carbonyl (C=O) groups is 3. The van der Waals surface area contributed by atoms with Gasteiger partial charge in [0, 0.05) is 24.0 Å². The molecule has 3 N–H and O–H groups in total. The van der Waals surface area contributed by atoms with E-state index in [0.717, 1.165) is 6.42 Å². The molecule has 0 atom stereocenters. The summed E-state index contributed by atoms with van der Waals surface area (Å²) in [6.45, 7) is 3.71. The molecular formula is C19H23N3O4. The lowest BCUT2D eigenvalue weighted by molar-refractivity contribution is 0.0598. The van der Waals surface area contributed by atoms with Gasteiger partial charge in [0.25, 0.3) is 11.8 Å². The minimum absolute atomic E-state index is 0.198. The predicted octanol–water partition coefficient (Wildman–Crippen LogP) is 2.67. The van der Waals surface area contributed by atoms with Gasteiger partial charge in [-0.3, -0.25) is 9.59 Å². The average molecular weight is 357 g/mol. The summed E-state index contributed by atoms with van der Waals surface area (Å²) in [5.74, 6) is -1.01. The summed E-state index contributed by atoms with van der Waals surface area (Å²) in [7, 11) is 2.87. The molecule has 0 spiro atoms. The lowest BCUT2D eigenvalue weighted by Crippen LogP contribution is -2.18. The lowest BCUT2D eigenvalue weighted by atomic mass is 10.0. The van der Waals surface area contributed by atoms with E-state index in [0.29, 0.717) is 40.2 Å². The SMILES string of the molecule is CCCc1c(C(=O)Nc2ccc(C(=O)NC)cc2)[nH]c(C)c1C(=O)OC. The second-order valence-electron chi connectivity index (χ2n) is 5.83. The molecule has 2 rings (SSSR count). The number of aryl methyl sites for hydroxylation is 1. The third-order valence-corrected chi connectivity index (χ3v) is 4.04. The van der Waals surface area contributed by atoms with E-state index in [9.17, 15) is 14.4 Å². The third kappa shape index (κ3) is 3.93. The van der Waals surface area contributed by atoms with Gasteiger partial charge in [-0.2, -0.15) is 0 Å². The normalized spacial score (nSPS) is 10.3. The van der Waals surface area contributed by atoms with E-state index in [4.69, 9.17) is 4.74 Å². The molecule has 1 heterocycles. The van der Waals surface area contributed by atoms with Crippen LogP contribution in [0.25, 0.3) is 0 Å². The molecule has 0 unspecified atom stereocenters. The number of nitrogens with one attached hydrogen (secondary N) is 3. The third-order valence-electron chi connectivity index (χ3n) is 4.04. The Morgan fingerprint density at radius 3 is 2.31 bits per heavy atom. The molecule has 26 heavy (non-hydrogen) atoms. The van der Waals surface area contributed by atoms with Crippen molar-refractivity contribution in [2.45, 2.75) is 26.7 Å². The van der Waals surface area contributed by atoms with Gasteiger partial charge in [-0.15, -0.1) is 0 Å². The van der Waals surface area contributed by atoms with Crippen LogP contribution in [0.4, 0.5) is 5.69 Å². The Balaban J connectivity index is 2.29. The van der Waals surface area contributed by atoms with Crippen molar-refractivity contribution in [3.8, 4) is 0 Å². The number of H-pyrrole nitrogens is 1. The van der Waals surface area contributed by atoms with E-state index < -0.39 is 5.97 Å². The zero-order valence-electron chi connectivity index (χ0n) is 15.4.